The summed E-state index contributed by atoms with van der Waals surface area (Å²) >= 11 is 0. The maximum atomic E-state index is 14.9. The van der Waals surface area contributed by atoms with Crippen molar-refractivity contribution in [2.24, 2.45) is 5.92 Å². The third-order valence-electron chi connectivity index (χ3n) is 7.01. The second-order valence-corrected chi connectivity index (χ2v) is 11.9. The van der Waals surface area contributed by atoms with Gasteiger partial charge in [-0.1, -0.05) is 0 Å². The second kappa shape index (κ2) is 11.2. The predicted octanol–water partition coefficient (Wildman–Crippen LogP) is 4.77. The summed E-state index contributed by atoms with van der Waals surface area (Å²) in [6.07, 6.45) is -2.48. The molecule has 0 spiro atoms. The van der Waals surface area contributed by atoms with Crippen LogP contribution < -0.4 is 14.9 Å². The number of aliphatic hydroxyl groups is 1. The number of sulfonamides is 1. The first-order valence-corrected chi connectivity index (χ1v) is 14.5. The molecule has 1 saturated heterocycles. The van der Waals surface area contributed by atoms with Crippen molar-refractivity contribution >= 4 is 38.2 Å². The summed E-state index contributed by atoms with van der Waals surface area (Å²) in [5, 5.41) is 12.5. The summed E-state index contributed by atoms with van der Waals surface area (Å²) < 4.78 is 81.0. The number of nitrogens with one attached hydrogen (secondary N) is 2. The Labute approximate surface area is 229 Å². The smallest absolute Gasteiger partial charge is 0.396 e. The topological polar surface area (TPSA) is 112 Å². The van der Waals surface area contributed by atoms with Gasteiger partial charge in [-0.25, -0.2) is 17.8 Å². The van der Waals surface area contributed by atoms with Crippen molar-refractivity contribution in [2.45, 2.75) is 38.9 Å². The zero-order valence-corrected chi connectivity index (χ0v) is 23.0. The van der Waals surface area contributed by atoms with E-state index in [-0.39, 0.29) is 34.9 Å². The minimum absolute atomic E-state index is 0.0122. The summed E-state index contributed by atoms with van der Waals surface area (Å²) in [7, 11) is -3.62. The van der Waals surface area contributed by atoms with Gasteiger partial charge in [0.1, 0.15) is 11.5 Å². The first-order chi connectivity index (χ1) is 18.7. The molecule has 4 rings (SSSR count). The molecule has 40 heavy (non-hydrogen) atoms. The number of aliphatic hydroxyl groups excluding tert-OH is 1. The van der Waals surface area contributed by atoms with Crippen molar-refractivity contribution in [2.75, 3.05) is 35.6 Å². The number of hydrogen-bond donors (Lipinski definition) is 3. The molecule has 1 aliphatic rings. The normalized spacial score (nSPS) is 15.8. The number of amides is 1. The summed E-state index contributed by atoms with van der Waals surface area (Å²) in [5.74, 6) is -1.22. The number of carbonyl (C=O) groups excluding carboxylic acids is 1. The molecular weight excluding hydrogens is 552 g/mol. The molecule has 1 atom stereocenters. The zero-order valence-electron chi connectivity index (χ0n) is 22.1. The van der Waals surface area contributed by atoms with Crippen LogP contribution in [0.1, 0.15) is 53.0 Å². The van der Waals surface area contributed by atoms with Crippen LogP contribution in [0.3, 0.4) is 0 Å². The third kappa shape index (κ3) is 6.64. The van der Waals surface area contributed by atoms with Crippen molar-refractivity contribution in [1.29, 1.82) is 0 Å². The minimum Gasteiger partial charge on any atom is -0.396 e. The minimum atomic E-state index is -4.66. The van der Waals surface area contributed by atoms with Crippen LogP contribution in [0.2, 0.25) is 0 Å². The summed E-state index contributed by atoms with van der Waals surface area (Å²) in [6.45, 7) is 4.06. The average Bonchev–Trinajstić information content (AvgIpc) is 2.88. The Hall–Kier alpha value is -3.45. The van der Waals surface area contributed by atoms with Crippen LogP contribution in [0, 0.1) is 18.7 Å². The molecule has 3 N–H and O–H groups in total. The largest absolute Gasteiger partial charge is 0.433 e. The molecule has 0 aliphatic carbocycles. The molecule has 8 nitrogen and oxygen atoms in total. The number of anilines is 2. The number of alkyl halides is 3. The maximum Gasteiger partial charge on any atom is 0.433 e. The van der Waals surface area contributed by atoms with Gasteiger partial charge < -0.3 is 15.3 Å². The molecule has 1 amide bonds. The van der Waals surface area contributed by atoms with Gasteiger partial charge >= 0.3 is 6.18 Å². The third-order valence-corrected chi connectivity index (χ3v) is 7.60. The highest BCUT2D eigenvalue weighted by Gasteiger charge is 2.34. The Balaban J connectivity index is 1.64. The highest BCUT2D eigenvalue weighted by atomic mass is 32.2. The number of pyridine rings is 1. The number of hydrogen-bond acceptors (Lipinski definition) is 6. The van der Waals surface area contributed by atoms with Crippen LogP contribution >= 0.6 is 0 Å². The van der Waals surface area contributed by atoms with Gasteiger partial charge in [0, 0.05) is 41.9 Å². The van der Waals surface area contributed by atoms with Gasteiger partial charge in [0.15, 0.2) is 0 Å². The zero-order chi connectivity index (χ0) is 29.4. The van der Waals surface area contributed by atoms with Crippen molar-refractivity contribution in [3.05, 3.63) is 64.6 Å². The lowest BCUT2D eigenvalue weighted by Gasteiger charge is -2.34. The van der Waals surface area contributed by atoms with Crippen LogP contribution in [0.25, 0.3) is 10.9 Å². The Kier molecular flexibility index (Phi) is 8.27. The Bertz CT molecular complexity index is 1540. The van der Waals surface area contributed by atoms with E-state index in [1.54, 1.807) is 18.7 Å². The van der Waals surface area contributed by atoms with E-state index in [2.05, 4.69) is 15.0 Å². The molecular formula is C27H30F4N4O4S. The number of rotatable bonds is 7. The van der Waals surface area contributed by atoms with Gasteiger partial charge in [0.25, 0.3) is 5.91 Å². The molecule has 13 heteroatoms. The number of aryl methyl sites for hydroxylation is 1. The van der Waals surface area contributed by atoms with Gasteiger partial charge in [0.2, 0.25) is 10.0 Å². The van der Waals surface area contributed by atoms with E-state index in [1.807, 2.05) is 0 Å². The summed E-state index contributed by atoms with van der Waals surface area (Å²) in [6, 6.07) is 6.84. The molecule has 1 aliphatic heterocycles. The predicted molar refractivity (Wildman–Crippen MR) is 144 cm³/mol. The molecule has 0 saturated carbocycles. The van der Waals surface area contributed by atoms with E-state index in [0.29, 0.717) is 42.6 Å². The first-order valence-electron chi connectivity index (χ1n) is 12.6. The van der Waals surface area contributed by atoms with Gasteiger partial charge in [-0.3, -0.25) is 9.52 Å². The van der Waals surface area contributed by atoms with Gasteiger partial charge in [-0.05, 0) is 74.6 Å². The summed E-state index contributed by atoms with van der Waals surface area (Å²) in [5.41, 5.74) is 0.161. The van der Waals surface area contributed by atoms with Crippen LogP contribution in [0.5, 0.6) is 0 Å². The number of nitrogens with zero attached hydrogens (tertiary/aromatic N) is 2. The van der Waals surface area contributed by atoms with E-state index in [1.165, 1.54) is 24.3 Å². The number of piperidine rings is 1. The van der Waals surface area contributed by atoms with Crippen molar-refractivity contribution in [3.8, 4) is 0 Å². The lowest BCUT2D eigenvalue weighted by Crippen LogP contribution is -2.35. The highest BCUT2D eigenvalue weighted by Crippen LogP contribution is 2.36. The molecule has 0 radical (unpaired) electrons. The Morgan fingerprint density at radius 1 is 1.18 bits per heavy atom. The van der Waals surface area contributed by atoms with Crippen molar-refractivity contribution in [1.82, 2.24) is 10.3 Å². The van der Waals surface area contributed by atoms with Gasteiger partial charge in [0.05, 0.1) is 23.5 Å². The standard InChI is InChI=1S/C27H30F4N4O4S/c1-15-10-19(21(28)12-23(15)34-40(3,38)39)16(2)32-26(37)18-4-5-22-20(11-18)24(13-25(33-22)27(29,30)31)35-8-6-17(14-36)7-9-35/h4-5,10-13,16-17,34,36H,6-9,14H2,1-3H3,(H,32,37)/t16-/m1/s1. The maximum absolute atomic E-state index is 14.9. The van der Waals surface area contributed by atoms with E-state index in [4.69, 9.17) is 0 Å². The van der Waals surface area contributed by atoms with E-state index in [9.17, 15) is 35.9 Å². The Morgan fingerprint density at radius 3 is 2.45 bits per heavy atom. The van der Waals surface area contributed by atoms with Crippen LogP contribution in [0.4, 0.5) is 28.9 Å². The Morgan fingerprint density at radius 2 is 1.85 bits per heavy atom. The molecule has 2 aromatic carbocycles. The quantitative estimate of drug-likeness (QED) is 0.346. The van der Waals surface area contributed by atoms with E-state index >= 15 is 0 Å². The molecule has 216 valence electrons. The monoisotopic (exact) mass is 582 g/mol. The fourth-order valence-corrected chi connectivity index (χ4v) is 5.43. The number of fused-ring (bicyclic) bond motifs is 1. The van der Waals surface area contributed by atoms with Gasteiger partial charge in [-0.2, -0.15) is 13.2 Å². The molecule has 0 bridgehead atoms. The van der Waals surface area contributed by atoms with Crippen LogP contribution in [0.15, 0.2) is 36.4 Å². The lowest BCUT2D eigenvalue weighted by atomic mass is 9.96. The van der Waals surface area contributed by atoms with Crippen molar-refractivity contribution < 1.29 is 35.9 Å². The average molecular weight is 583 g/mol. The van der Waals surface area contributed by atoms with E-state index < -0.39 is 39.7 Å². The summed E-state index contributed by atoms with van der Waals surface area (Å²) in [4.78, 5) is 18.7. The van der Waals surface area contributed by atoms with Crippen LogP contribution in [-0.4, -0.2) is 50.4 Å². The number of carbonyl (C=O) groups is 1. The SMILES string of the molecule is Cc1cc([C@@H](C)NC(=O)c2ccc3nc(C(F)(F)F)cc(N4CCC(CO)CC4)c3c2)c(F)cc1NS(C)(=O)=O. The number of benzene rings is 2. The van der Waals surface area contributed by atoms with Gasteiger partial charge in [-0.15, -0.1) is 0 Å². The molecule has 1 aromatic heterocycles. The molecule has 0 unspecified atom stereocenters. The molecule has 2 heterocycles. The number of halogens is 4. The number of aromatic nitrogens is 1. The van der Waals surface area contributed by atoms with E-state index in [0.717, 1.165) is 18.4 Å². The highest BCUT2D eigenvalue weighted by molar-refractivity contribution is 7.92. The lowest BCUT2D eigenvalue weighted by molar-refractivity contribution is -0.140. The molecule has 1 fully saturated rings. The van der Waals surface area contributed by atoms with Crippen molar-refractivity contribution in [3.63, 3.8) is 0 Å². The molecule has 3 aromatic rings. The fraction of sp³-hybridized carbons (Fsp3) is 0.407. The fourth-order valence-electron chi connectivity index (χ4n) is 4.82. The first kappa shape index (κ1) is 29.5. The second-order valence-electron chi connectivity index (χ2n) is 10.1. The van der Waals surface area contributed by atoms with Crippen LogP contribution in [-0.2, 0) is 16.2 Å².